The van der Waals surface area contributed by atoms with Crippen molar-refractivity contribution in [2.45, 2.75) is 19.5 Å². The summed E-state index contributed by atoms with van der Waals surface area (Å²) in [6, 6.07) is 25.6. The zero-order valence-electron chi connectivity index (χ0n) is 19.9. The first-order valence-electron chi connectivity index (χ1n) is 11.5. The van der Waals surface area contributed by atoms with E-state index in [0.717, 1.165) is 34.4 Å². The van der Waals surface area contributed by atoms with Crippen LogP contribution in [0.5, 0.6) is 11.5 Å². The molecule has 0 unspecified atom stereocenters. The van der Waals surface area contributed by atoms with Crippen LogP contribution < -0.4 is 20.3 Å². The van der Waals surface area contributed by atoms with Crippen LogP contribution >= 0.6 is 12.2 Å². The van der Waals surface area contributed by atoms with Crippen LogP contribution in [-0.2, 0) is 19.5 Å². The van der Waals surface area contributed by atoms with Crippen LogP contribution in [-0.4, -0.2) is 35.8 Å². The molecule has 0 atom stereocenters. The number of aromatic nitrogens is 1. The van der Waals surface area contributed by atoms with Gasteiger partial charge in [-0.15, -0.1) is 0 Å². The Labute approximate surface area is 210 Å². The number of pyridine rings is 1. The number of aromatic amines is 1. The Kier molecular flexibility index (Phi) is 8.00. The minimum atomic E-state index is -0.130. The molecule has 0 radical (unpaired) electrons. The van der Waals surface area contributed by atoms with Gasteiger partial charge in [0.25, 0.3) is 5.56 Å². The van der Waals surface area contributed by atoms with Crippen LogP contribution in [0.1, 0.15) is 16.7 Å². The lowest BCUT2D eigenvalue weighted by Gasteiger charge is -2.26. The molecule has 4 aromatic rings. The molecule has 2 N–H and O–H groups in total. The zero-order chi connectivity index (χ0) is 24.6. The van der Waals surface area contributed by atoms with Crippen molar-refractivity contribution in [3.05, 3.63) is 106 Å². The highest BCUT2D eigenvalue weighted by molar-refractivity contribution is 7.80. The van der Waals surface area contributed by atoms with Gasteiger partial charge in [-0.2, -0.15) is 0 Å². The van der Waals surface area contributed by atoms with E-state index in [4.69, 9.17) is 21.7 Å². The van der Waals surface area contributed by atoms with E-state index in [-0.39, 0.29) is 5.56 Å². The molecule has 35 heavy (non-hydrogen) atoms. The van der Waals surface area contributed by atoms with Crippen molar-refractivity contribution < 1.29 is 9.47 Å². The van der Waals surface area contributed by atoms with Gasteiger partial charge in [-0.1, -0.05) is 42.5 Å². The average Bonchev–Trinajstić information content (AvgIpc) is 2.89. The van der Waals surface area contributed by atoms with Crippen LogP contribution in [0.25, 0.3) is 10.9 Å². The lowest BCUT2D eigenvalue weighted by molar-refractivity contribution is 0.395. The van der Waals surface area contributed by atoms with Crippen LogP contribution in [0.2, 0.25) is 0 Å². The van der Waals surface area contributed by atoms with Crippen LogP contribution in [0.4, 0.5) is 0 Å². The first-order valence-corrected chi connectivity index (χ1v) is 11.9. The van der Waals surface area contributed by atoms with Gasteiger partial charge < -0.3 is 24.7 Å². The van der Waals surface area contributed by atoms with Crippen molar-refractivity contribution in [1.82, 2.24) is 15.2 Å². The number of rotatable bonds is 9. The van der Waals surface area contributed by atoms with E-state index in [2.05, 4.69) is 22.4 Å². The zero-order valence-corrected chi connectivity index (χ0v) is 20.7. The maximum Gasteiger partial charge on any atom is 0.253 e. The van der Waals surface area contributed by atoms with Crippen molar-refractivity contribution in [1.29, 1.82) is 0 Å². The number of nitrogens with one attached hydrogen (secondary N) is 2. The summed E-state index contributed by atoms with van der Waals surface area (Å²) >= 11 is 5.77. The van der Waals surface area contributed by atoms with Gasteiger partial charge in [0, 0.05) is 29.6 Å². The highest BCUT2D eigenvalue weighted by Gasteiger charge is 2.14. The summed E-state index contributed by atoms with van der Waals surface area (Å²) < 4.78 is 10.6. The number of hydrogen-bond acceptors (Lipinski definition) is 4. The molecule has 180 valence electrons. The van der Waals surface area contributed by atoms with E-state index in [9.17, 15) is 4.79 Å². The summed E-state index contributed by atoms with van der Waals surface area (Å²) in [6.07, 6.45) is 0.855. The normalized spacial score (nSPS) is 10.7. The number of benzene rings is 3. The molecule has 0 aliphatic heterocycles. The lowest BCUT2D eigenvalue weighted by Crippen LogP contribution is -2.40. The number of fused-ring (bicyclic) bond motifs is 1. The smallest absolute Gasteiger partial charge is 0.253 e. The fraction of sp³-hybridized carbons (Fsp3) is 0.214. The predicted molar refractivity (Wildman–Crippen MR) is 144 cm³/mol. The highest BCUT2D eigenvalue weighted by Crippen LogP contribution is 2.20. The summed E-state index contributed by atoms with van der Waals surface area (Å²) in [7, 11) is 3.28. The van der Waals surface area contributed by atoms with Crippen molar-refractivity contribution in [3.63, 3.8) is 0 Å². The summed E-state index contributed by atoms with van der Waals surface area (Å²) in [4.78, 5) is 17.9. The second-order valence-electron chi connectivity index (χ2n) is 8.25. The molecule has 4 rings (SSSR count). The second kappa shape index (κ2) is 11.5. The molecule has 6 nitrogen and oxygen atoms in total. The molecule has 1 aromatic heterocycles. The maximum absolute atomic E-state index is 12.9. The summed E-state index contributed by atoms with van der Waals surface area (Å²) in [5.41, 5.74) is 3.58. The highest BCUT2D eigenvalue weighted by atomic mass is 32.1. The molecule has 0 bridgehead atoms. The Hall–Kier alpha value is -3.84. The largest absolute Gasteiger partial charge is 0.497 e. The third-order valence-electron chi connectivity index (χ3n) is 5.84. The number of methoxy groups -OCH3 is 2. The Balaban J connectivity index is 1.55. The van der Waals surface area contributed by atoms with Crippen molar-refractivity contribution in [2.75, 3.05) is 20.8 Å². The maximum atomic E-state index is 12.9. The monoisotopic (exact) mass is 487 g/mol. The van der Waals surface area contributed by atoms with E-state index in [1.54, 1.807) is 14.2 Å². The van der Waals surface area contributed by atoms with E-state index >= 15 is 0 Å². The fourth-order valence-corrected chi connectivity index (χ4v) is 4.13. The van der Waals surface area contributed by atoms with Gasteiger partial charge in [-0.05, 0) is 66.2 Å². The van der Waals surface area contributed by atoms with Gasteiger partial charge in [-0.25, -0.2) is 0 Å². The van der Waals surface area contributed by atoms with E-state index in [0.29, 0.717) is 30.3 Å². The molecular formula is C28H29N3O3S. The topological polar surface area (TPSA) is 66.6 Å². The SMILES string of the molecule is COc1ccc(CN(Cc2cc3cc(OC)ccc3[nH]c2=O)C(=S)NCCc2ccccc2)cc1. The Bertz CT molecular complexity index is 1340. The minimum Gasteiger partial charge on any atom is -0.497 e. The van der Waals surface area contributed by atoms with E-state index in [1.807, 2.05) is 71.6 Å². The van der Waals surface area contributed by atoms with Gasteiger partial charge in [-0.3, -0.25) is 4.79 Å². The minimum absolute atomic E-state index is 0.130. The number of thiocarbonyl (C=S) groups is 1. The molecule has 0 fully saturated rings. The summed E-state index contributed by atoms with van der Waals surface area (Å²) in [6.45, 7) is 1.62. The number of ether oxygens (including phenoxy) is 2. The number of hydrogen-bond donors (Lipinski definition) is 2. The summed E-state index contributed by atoms with van der Waals surface area (Å²) in [5.74, 6) is 1.53. The molecule has 1 heterocycles. The molecule has 3 aromatic carbocycles. The van der Waals surface area contributed by atoms with Crippen LogP contribution in [0.3, 0.4) is 0 Å². The predicted octanol–water partition coefficient (Wildman–Crippen LogP) is 4.66. The molecule has 0 aliphatic carbocycles. The standard InChI is InChI=1S/C28H29N3O3S/c1-33-24-10-8-21(9-11-24)18-31(28(35)29-15-14-20-6-4-3-5-7-20)19-23-16-22-17-25(34-2)12-13-26(22)30-27(23)32/h3-13,16-17H,14-15,18-19H2,1-2H3,(H,29,35)(H,30,32). The summed E-state index contributed by atoms with van der Waals surface area (Å²) in [5, 5.41) is 4.88. The Morgan fingerprint density at radius 1 is 0.886 bits per heavy atom. The van der Waals surface area contributed by atoms with E-state index in [1.165, 1.54) is 5.56 Å². The van der Waals surface area contributed by atoms with E-state index < -0.39 is 0 Å². The average molecular weight is 488 g/mol. The van der Waals surface area contributed by atoms with Crippen LogP contribution in [0.15, 0.2) is 83.7 Å². The van der Waals surface area contributed by atoms with Gasteiger partial charge in [0.2, 0.25) is 0 Å². The fourth-order valence-electron chi connectivity index (χ4n) is 3.90. The van der Waals surface area contributed by atoms with Crippen molar-refractivity contribution in [2.24, 2.45) is 0 Å². The Morgan fingerprint density at radius 3 is 2.31 bits per heavy atom. The quantitative estimate of drug-likeness (QED) is 0.335. The van der Waals surface area contributed by atoms with Gasteiger partial charge >= 0.3 is 0 Å². The molecule has 0 spiro atoms. The Morgan fingerprint density at radius 2 is 1.60 bits per heavy atom. The molecule has 0 aliphatic rings. The van der Waals surface area contributed by atoms with Gasteiger partial charge in [0.05, 0.1) is 20.8 Å². The van der Waals surface area contributed by atoms with Gasteiger partial charge in [0.1, 0.15) is 11.5 Å². The first-order chi connectivity index (χ1) is 17.1. The van der Waals surface area contributed by atoms with Crippen molar-refractivity contribution >= 4 is 28.2 Å². The molecule has 0 amide bonds. The molecular weight excluding hydrogens is 458 g/mol. The lowest BCUT2D eigenvalue weighted by atomic mass is 10.1. The third-order valence-corrected chi connectivity index (χ3v) is 6.24. The number of nitrogens with zero attached hydrogens (tertiary/aromatic N) is 1. The molecule has 7 heteroatoms. The third kappa shape index (κ3) is 6.39. The first kappa shape index (κ1) is 24.3. The van der Waals surface area contributed by atoms with Gasteiger partial charge in [0.15, 0.2) is 5.11 Å². The molecule has 0 saturated heterocycles. The second-order valence-corrected chi connectivity index (χ2v) is 8.64. The van der Waals surface area contributed by atoms with Crippen LogP contribution in [0, 0.1) is 0 Å². The molecule has 0 saturated carbocycles. The number of H-pyrrole nitrogens is 1. The van der Waals surface area contributed by atoms with Crippen molar-refractivity contribution in [3.8, 4) is 11.5 Å².